The number of halogens is 2. The number of hydrogen-bond donors (Lipinski definition) is 2. The summed E-state index contributed by atoms with van der Waals surface area (Å²) in [7, 11) is 0. The normalized spacial score (nSPS) is 11.1. The van der Waals surface area contributed by atoms with Crippen molar-refractivity contribution < 1.29 is 4.79 Å². The molecule has 0 fully saturated rings. The van der Waals surface area contributed by atoms with Gasteiger partial charge in [0.2, 0.25) is 0 Å². The fourth-order valence-electron chi connectivity index (χ4n) is 2.68. The van der Waals surface area contributed by atoms with Crippen molar-refractivity contribution in [3.63, 3.8) is 0 Å². The number of nitrogens with one attached hydrogen (secondary N) is 2. The molecule has 2 aromatic heterocycles. The molecule has 0 spiro atoms. The molecule has 0 saturated heterocycles. The van der Waals surface area contributed by atoms with Gasteiger partial charge in [-0.3, -0.25) is 9.78 Å². The molecule has 0 radical (unpaired) electrons. The molecular weight excluding hydrogens is 345 g/mol. The van der Waals surface area contributed by atoms with Crippen molar-refractivity contribution in [1.82, 2.24) is 9.97 Å². The largest absolute Gasteiger partial charge is 0.349 e. The number of nitrogens with zero attached hydrogens (tertiary/aromatic N) is 1. The van der Waals surface area contributed by atoms with Gasteiger partial charge >= 0.3 is 0 Å². The average Bonchev–Trinajstić information content (AvgIpc) is 2.92. The molecule has 2 heterocycles. The van der Waals surface area contributed by atoms with Crippen LogP contribution in [0.15, 0.2) is 54.7 Å². The van der Waals surface area contributed by atoms with Crippen molar-refractivity contribution in [2.24, 2.45) is 0 Å². The molecule has 0 aliphatic carbocycles. The van der Waals surface area contributed by atoms with Gasteiger partial charge in [-0.05, 0) is 42.5 Å². The SMILES string of the molecule is O=C(Nc1cccc2ncccc12)c1[nH]c2ccc(Cl)cc2c1Cl. The number of hydrogen-bond acceptors (Lipinski definition) is 2. The van der Waals surface area contributed by atoms with Crippen LogP contribution in [0.4, 0.5) is 5.69 Å². The maximum absolute atomic E-state index is 12.7. The zero-order valence-electron chi connectivity index (χ0n) is 12.3. The molecule has 4 rings (SSSR count). The monoisotopic (exact) mass is 355 g/mol. The Morgan fingerprint density at radius 3 is 2.79 bits per heavy atom. The topological polar surface area (TPSA) is 57.8 Å². The van der Waals surface area contributed by atoms with E-state index in [4.69, 9.17) is 23.2 Å². The minimum absolute atomic E-state index is 0.301. The van der Waals surface area contributed by atoms with Crippen molar-refractivity contribution in [3.05, 3.63) is 70.5 Å². The van der Waals surface area contributed by atoms with Gasteiger partial charge in [-0.25, -0.2) is 0 Å². The van der Waals surface area contributed by atoms with Crippen LogP contribution in [0.5, 0.6) is 0 Å². The molecule has 24 heavy (non-hydrogen) atoms. The summed E-state index contributed by atoms with van der Waals surface area (Å²) in [6.45, 7) is 0. The molecule has 2 aromatic carbocycles. The van der Waals surface area contributed by atoms with E-state index in [1.165, 1.54) is 0 Å². The van der Waals surface area contributed by atoms with Crippen LogP contribution in [0.25, 0.3) is 21.8 Å². The van der Waals surface area contributed by atoms with E-state index in [0.29, 0.717) is 26.8 Å². The van der Waals surface area contributed by atoms with E-state index in [0.717, 1.165) is 16.4 Å². The van der Waals surface area contributed by atoms with Gasteiger partial charge in [-0.15, -0.1) is 0 Å². The van der Waals surface area contributed by atoms with E-state index in [2.05, 4.69) is 15.3 Å². The average molecular weight is 356 g/mol. The van der Waals surface area contributed by atoms with Gasteiger partial charge in [-0.1, -0.05) is 29.3 Å². The number of fused-ring (bicyclic) bond motifs is 2. The van der Waals surface area contributed by atoms with Gasteiger partial charge in [0.15, 0.2) is 0 Å². The van der Waals surface area contributed by atoms with Gasteiger partial charge in [0, 0.05) is 27.5 Å². The molecule has 0 saturated carbocycles. The van der Waals surface area contributed by atoms with Crippen LogP contribution >= 0.6 is 23.2 Å². The standard InChI is InChI=1S/C18H11Cl2N3O/c19-10-6-7-15-12(9-10)16(20)17(22-15)18(24)23-14-5-1-4-13-11(14)3-2-8-21-13/h1-9,22H,(H,23,24). The third-order valence-corrected chi connectivity index (χ3v) is 4.45. The molecule has 0 atom stereocenters. The first-order chi connectivity index (χ1) is 11.6. The first kappa shape index (κ1) is 15.0. The van der Waals surface area contributed by atoms with Crippen LogP contribution in [-0.2, 0) is 0 Å². The van der Waals surface area contributed by atoms with E-state index in [9.17, 15) is 4.79 Å². The molecule has 2 N–H and O–H groups in total. The van der Waals surface area contributed by atoms with E-state index in [1.54, 1.807) is 24.4 Å². The van der Waals surface area contributed by atoms with E-state index < -0.39 is 0 Å². The van der Waals surface area contributed by atoms with Crippen molar-refractivity contribution in [2.45, 2.75) is 0 Å². The molecule has 6 heteroatoms. The van der Waals surface area contributed by atoms with E-state index in [-0.39, 0.29) is 5.91 Å². The summed E-state index contributed by atoms with van der Waals surface area (Å²) in [6.07, 6.45) is 1.71. The Hall–Kier alpha value is -2.56. The molecule has 118 valence electrons. The maximum atomic E-state index is 12.7. The minimum atomic E-state index is -0.316. The highest BCUT2D eigenvalue weighted by Gasteiger charge is 2.17. The van der Waals surface area contributed by atoms with Crippen LogP contribution in [0, 0.1) is 0 Å². The highest BCUT2D eigenvalue weighted by molar-refractivity contribution is 6.40. The number of aromatic nitrogens is 2. The summed E-state index contributed by atoms with van der Waals surface area (Å²) in [6, 6.07) is 14.6. The molecular formula is C18H11Cl2N3O. The highest BCUT2D eigenvalue weighted by atomic mass is 35.5. The summed E-state index contributed by atoms with van der Waals surface area (Å²) in [5.41, 5.74) is 2.55. The quantitative estimate of drug-likeness (QED) is 0.514. The van der Waals surface area contributed by atoms with E-state index >= 15 is 0 Å². The number of carbonyl (C=O) groups is 1. The number of carbonyl (C=O) groups excluding carboxylic acids is 1. The number of H-pyrrole nitrogens is 1. The maximum Gasteiger partial charge on any atom is 0.273 e. The van der Waals surface area contributed by atoms with Gasteiger partial charge in [0.25, 0.3) is 5.91 Å². The van der Waals surface area contributed by atoms with Crippen molar-refractivity contribution >= 4 is 56.6 Å². The zero-order valence-corrected chi connectivity index (χ0v) is 13.8. The third-order valence-electron chi connectivity index (χ3n) is 3.82. The lowest BCUT2D eigenvalue weighted by molar-refractivity contribution is 0.102. The lowest BCUT2D eigenvalue weighted by atomic mass is 10.2. The first-order valence-corrected chi connectivity index (χ1v) is 8.01. The Kier molecular flexibility index (Phi) is 3.63. The second-order valence-corrected chi connectivity index (χ2v) is 6.15. The van der Waals surface area contributed by atoms with Gasteiger partial charge < -0.3 is 10.3 Å². The zero-order chi connectivity index (χ0) is 16.7. The van der Waals surface area contributed by atoms with Gasteiger partial charge in [-0.2, -0.15) is 0 Å². The fourth-order valence-corrected chi connectivity index (χ4v) is 3.15. The number of pyridine rings is 1. The number of rotatable bonds is 2. The van der Waals surface area contributed by atoms with Gasteiger partial charge in [0.05, 0.1) is 16.2 Å². The Morgan fingerprint density at radius 1 is 1.04 bits per heavy atom. The van der Waals surface area contributed by atoms with Crippen LogP contribution in [0.2, 0.25) is 10.0 Å². The predicted octanol–water partition coefficient (Wildman–Crippen LogP) is 5.28. The number of aromatic amines is 1. The predicted molar refractivity (Wildman–Crippen MR) is 98.0 cm³/mol. The number of benzene rings is 2. The Morgan fingerprint density at radius 2 is 1.92 bits per heavy atom. The van der Waals surface area contributed by atoms with Crippen LogP contribution in [0.1, 0.15) is 10.5 Å². The van der Waals surface area contributed by atoms with Crippen molar-refractivity contribution in [2.75, 3.05) is 5.32 Å². The lowest BCUT2D eigenvalue weighted by Crippen LogP contribution is -2.13. The second-order valence-electron chi connectivity index (χ2n) is 5.33. The molecule has 4 aromatic rings. The fraction of sp³-hybridized carbons (Fsp3) is 0. The number of amides is 1. The Labute approximate surface area is 147 Å². The van der Waals surface area contributed by atoms with Crippen LogP contribution in [-0.4, -0.2) is 15.9 Å². The van der Waals surface area contributed by atoms with Crippen LogP contribution in [0.3, 0.4) is 0 Å². The Balaban J connectivity index is 1.75. The van der Waals surface area contributed by atoms with E-state index in [1.807, 2.05) is 30.3 Å². The van der Waals surface area contributed by atoms with Crippen LogP contribution < -0.4 is 5.32 Å². The summed E-state index contributed by atoms with van der Waals surface area (Å²) < 4.78 is 0. The molecule has 1 amide bonds. The first-order valence-electron chi connectivity index (χ1n) is 7.25. The summed E-state index contributed by atoms with van der Waals surface area (Å²) >= 11 is 12.3. The summed E-state index contributed by atoms with van der Waals surface area (Å²) in [5.74, 6) is -0.316. The molecule has 0 unspecified atom stereocenters. The van der Waals surface area contributed by atoms with Crippen molar-refractivity contribution in [3.8, 4) is 0 Å². The molecule has 4 nitrogen and oxygen atoms in total. The number of anilines is 1. The lowest BCUT2D eigenvalue weighted by Gasteiger charge is -2.07. The highest BCUT2D eigenvalue weighted by Crippen LogP contribution is 2.30. The molecule has 0 bridgehead atoms. The molecule has 0 aliphatic rings. The Bertz CT molecular complexity index is 1080. The molecule has 0 aliphatic heterocycles. The second kappa shape index (κ2) is 5.82. The summed E-state index contributed by atoms with van der Waals surface area (Å²) in [5, 5.41) is 5.39. The third kappa shape index (κ3) is 2.50. The summed E-state index contributed by atoms with van der Waals surface area (Å²) in [4.78, 5) is 20.0. The van der Waals surface area contributed by atoms with Gasteiger partial charge in [0.1, 0.15) is 5.69 Å². The smallest absolute Gasteiger partial charge is 0.273 e. The minimum Gasteiger partial charge on any atom is -0.349 e. The van der Waals surface area contributed by atoms with Crippen molar-refractivity contribution in [1.29, 1.82) is 0 Å².